The van der Waals surface area contributed by atoms with E-state index in [-0.39, 0.29) is 0 Å². The number of nitrogens with zero attached hydrogens (tertiary/aromatic N) is 1. The van der Waals surface area contributed by atoms with Gasteiger partial charge >= 0.3 is 0 Å². The van der Waals surface area contributed by atoms with Crippen LogP contribution in [-0.4, -0.2) is 7.41 Å². The van der Waals surface area contributed by atoms with E-state index < -0.39 is 7.41 Å². The maximum Gasteiger partial charge on any atom is 0.134 e. The highest BCUT2D eigenvalue weighted by molar-refractivity contribution is 6.40. The highest BCUT2D eigenvalue weighted by Gasteiger charge is 1.40. The van der Waals surface area contributed by atoms with Crippen molar-refractivity contribution in [3.05, 3.63) is 0 Å². The molecule has 0 rings (SSSR count). The fraction of sp³-hybridized carbons (Fsp3) is 0. The molecule has 0 aromatic heterocycles. The van der Waals surface area contributed by atoms with Crippen LogP contribution in [0.4, 0.5) is 0 Å². The van der Waals surface area contributed by atoms with Crippen molar-refractivity contribution in [2.75, 3.05) is 0 Å². The van der Waals surface area contributed by atoms with Crippen LogP contribution >= 0.6 is 0 Å². The summed E-state index contributed by atoms with van der Waals surface area (Å²) in [7, 11) is -0.681. The zero-order chi connectivity index (χ0) is 3.41. The predicted octanol–water partition coefficient (Wildman–Crippen LogP) is -1.49. The molecule has 0 bridgehead atoms. The molecule has 22 valence electrons. The molecule has 2 N–H and O–H groups in total. The first-order chi connectivity index (χ1) is 1.91. The molecule has 0 aliphatic rings. The first-order valence-corrected chi connectivity index (χ1v) is 1.30. The van der Waals surface area contributed by atoms with E-state index in [9.17, 15) is 0 Å². The Morgan fingerprint density at radius 2 is 2.25 bits per heavy atom. The van der Waals surface area contributed by atoms with E-state index in [0.717, 1.165) is 0 Å². The maximum absolute atomic E-state index is 7.56. The summed E-state index contributed by atoms with van der Waals surface area (Å²) in [5.74, 6) is 1.83. The molecular weight excluding hydrogens is 50.8 g/mol. The van der Waals surface area contributed by atoms with Crippen LogP contribution in [0.1, 0.15) is 0 Å². The standard InChI is InChI=1S/CH4BN2/c3-1-2-4/h2,4H2/q-1. The Bertz CT molecular complexity index is 35.8. The molecule has 0 spiro atoms. The Hall–Kier alpha value is -0.485. The highest BCUT2D eigenvalue weighted by atomic mass is 14.4. The monoisotopic (exact) mass is 55.0 g/mol. The average Bonchev–Trinajstić information content (AvgIpc) is 1.37. The minimum absolute atomic E-state index is 0.681. The van der Waals surface area contributed by atoms with Gasteiger partial charge in [-0.3, -0.25) is 0 Å². The fourth-order valence-corrected chi connectivity index (χ4v) is 0. The molecule has 0 aromatic rings. The van der Waals surface area contributed by atoms with Crippen LogP contribution in [0.25, 0.3) is 0 Å². The molecule has 0 unspecified atom stereocenters. The van der Waals surface area contributed by atoms with Crippen LogP contribution in [-0.2, 0) is 0 Å². The lowest BCUT2D eigenvalue weighted by Gasteiger charge is -1.60. The van der Waals surface area contributed by atoms with Gasteiger partial charge in [0.25, 0.3) is 0 Å². The molecule has 2 nitrogen and oxygen atoms in total. The second kappa shape index (κ2) is 2.51. The molecule has 0 fully saturated rings. The number of hydrogen-bond donors (Lipinski definition) is 1. The van der Waals surface area contributed by atoms with E-state index in [0.29, 0.717) is 0 Å². The summed E-state index contributed by atoms with van der Waals surface area (Å²) < 4.78 is 0. The van der Waals surface area contributed by atoms with Crippen LogP contribution < -0.4 is 5.64 Å². The molecular formula is CH4BN2-. The molecule has 0 heterocycles. The summed E-state index contributed by atoms with van der Waals surface area (Å²) >= 11 is 0. The van der Waals surface area contributed by atoms with Crippen molar-refractivity contribution in [2.24, 2.45) is 5.64 Å². The Morgan fingerprint density at radius 3 is 2.25 bits per heavy atom. The van der Waals surface area contributed by atoms with Gasteiger partial charge in [-0.25, -0.2) is 5.26 Å². The summed E-state index contributed by atoms with van der Waals surface area (Å²) in [6, 6.07) is 0. The molecule has 0 aromatic carbocycles. The zero-order valence-corrected chi connectivity index (χ0v) is 2.52. The van der Waals surface area contributed by atoms with Crippen LogP contribution in [0.3, 0.4) is 0 Å². The van der Waals surface area contributed by atoms with Crippen molar-refractivity contribution in [2.45, 2.75) is 0 Å². The number of rotatable bonds is 0. The maximum atomic E-state index is 7.56. The van der Waals surface area contributed by atoms with E-state index in [1.807, 2.05) is 5.97 Å². The Morgan fingerprint density at radius 1 is 2.00 bits per heavy atom. The van der Waals surface area contributed by atoms with Crippen molar-refractivity contribution in [3.8, 4) is 5.97 Å². The molecule has 0 radical (unpaired) electrons. The third-order valence-electron chi connectivity index (χ3n) is 0.129. The lowest BCUT2D eigenvalue weighted by molar-refractivity contribution is 1.56. The summed E-state index contributed by atoms with van der Waals surface area (Å²) in [5.41, 5.74) is 4.79. The first kappa shape index (κ1) is 3.51. The van der Waals surface area contributed by atoms with E-state index in [2.05, 4.69) is 0 Å². The average molecular weight is 54.9 g/mol. The molecule has 4 heavy (non-hydrogen) atoms. The molecule has 0 aliphatic carbocycles. The van der Waals surface area contributed by atoms with Crippen LogP contribution in [0.5, 0.6) is 0 Å². The minimum atomic E-state index is -0.681. The summed E-state index contributed by atoms with van der Waals surface area (Å²) in [6.07, 6.45) is 0. The topological polar surface area (TPSA) is 49.8 Å². The van der Waals surface area contributed by atoms with Gasteiger partial charge in [0.15, 0.2) is 0 Å². The highest BCUT2D eigenvalue weighted by Crippen LogP contribution is 1.19. The SMILES string of the molecule is N#C[BH2-]N. The smallest absolute Gasteiger partial charge is 0.134 e. The van der Waals surface area contributed by atoms with Crippen molar-refractivity contribution in [1.29, 1.82) is 5.26 Å². The third-order valence-corrected chi connectivity index (χ3v) is 0.129. The van der Waals surface area contributed by atoms with Crippen molar-refractivity contribution < 1.29 is 0 Å². The van der Waals surface area contributed by atoms with Gasteiger partial charge in [0.05, 0.1) is 0 Å². The van der Waals surface area contributed by atoms with Crippen molar-refractivity contribution >= 4 is 7.41 Å². The van der Waals surface area contributed by atoms with Crippen LogP contribution in [0, 0.1) is 11.2 Å². The van der Waals surface area contributed by atoms with Gasteiger partial charge in [0, 0.05) is 0 Å². The lowest BCUT2D eigenvalue weighted by Crippen LogP contribution is -1.98. The second-order valence-electron chi connectivity index (χ2n) is 0.512. The minimum Gasteiger partial charge on any atom is -0.495 e. The quantitative estimate of drug-likeness (QED) is 0.343. The molecule has 0 aliphatic heterocycles. The predicted molar refractivity (Wildman–Crippen MR) is 18.3 cm³/mol. The molecule has 0 saturated carbocycles. The van der Waals surface area contributed by atoms with Crippen LogP contribution in [0.2, 0.25) is 0 Å². The second-order valence-corrected chi connectivity index (χ2v) is 0.512. The summed E-state index contributed by atoms with van der Waals surface area (Å²) in [4.78, 5) is 0. The molecule has 0 amide bonds. The first-order valence-electron chi connectivity index (χ1n) is 1.30. The number of nitrogens with two attached hydrogens (primary N) is 1. The van der Waals surface area contributed by atoms with E-state index in [4.69, 9.17) is 10.9 Å². The molecule has 0 saturated heterocycles. The van der Waals surface area contributed by atoms with Gasteiger partial charge in [0.1, 0.15) is 7.41 Å². The van der Waals surface area contributed by atoms with Crippen molar-refractivity contribution in [3.63, 3.8) is 0 Å². The molecule has 0 atom stereocenters. The van der Waals surface area contributed by atoms with E-state index in [1.165, 1.54) is 0 Å². The van der Waals surface area contributed by atoms with Crippen LogP contribution in [0.15, 0.2) is 0 Å². The zero-order valence-electron chi connectivity index (χ0n) is 2.52. The van der Waals surface area contributed by atoms with E-state index >= 15 is 0 Å². The summed E-state index contributed by atoms with van der Waals surface area (Å²) in [6.45, 7) is 0. The summed E-state index contributed by atoms with van der Waals surface area (Å²) in [5, 5.41) is 7.56. The number of nitriles is 1. The third kappa shape index (κ3) is 1.51. The largest absolute Gasteiger partial charge is 0.495 e. The van der Waals surface area contributed by atoms with Gasteiger partial charge < -0.3 is 5.64 Å². The normalized spacial score (nSPS) is 5.00. The molecule has 3 heteroatoms. The Balaban J connectivity index is 2.43. The van der Waals surface area contributed by atoms with Gasteiger partial charge in [0.2, 0.25) is 0 Å². The van der Waals surface area contributed by atoms with Gasteiger partial charge in [-0.2, -0.15) is 0 Å². The Labute approximate surface area is 25.5 Å². The number of hydrogen-bond acceptors (Lipinski definition) is 2. The van der Waals surface area contributed by atoms with Crippen molar-refractivity contribution in [1.82, 2.24) is 0 Å². The van der Waals surface area contributed by atoms with Gasteiger partial charge in [-0.15, -0.1) is 5.97 Å². The fourth-order valence-electron chi connectivity index (χ4n) is 0. The Kier molecular flexibility index (Phi) is 2.21. The van der Waals surface area contributed by atoms with Gasteiger partial charge in [-0.1, -0.05) is 0 Å². The van der Waals surface area contributed by atoms with E-state index in [1.54, 1.807) is 0 Å². The lowest BCUT2D eigenvalue weighted by atomic mass is 10.0. The van der Waals surface area contributed by atoms with Gasteiger partial charge in [-0.05, 0) is 0 Å².